The Bertz CT molecular complexity index is 1090. The van der Waals surface area contributed by atoms with Gasteiger partial charge in [0.2, 0.25) is 11.8 Å². The average Bonchev–Trinajstić information content (AvgIpc) is 3.30. The number of thiazole rings is 1. The van der Waals surface area contributed by atoms with E-state index in [1.807, 2.05) is 18.2 Å². The highest BCUT2D eigenvalue weighted by molar-refractivity contribution is 7.14. The zero-order chi connectivity index (χ0) is 20.6. The average molecular weight is 421 g/mol. The highest BCUT2D eigenvalue weighted by atomic mass is 32.1. The molecule has 0 saturated carbocycles. The van der Waals surface area contributed by atoms with Crippen LogP contribution in [0.4, 0.5) is 24.0 Å². The minimum atomic E-state index is -4.55. The molecule has 7 nitrogen and oxygen atoms in total. The Kier molecular flexibility index (Phi) is 4.82. The fourth-order valence-electron chi connectivity index (χ4n) is 2.91. The quantitative estimate of drug-likeness (QED) is 0.674. The summed E-state index contributed by atoms with van der Waals surface area (Å²) < 4.78 is 38.6. The Morgan fingerprint density at radius 3 is 2.86 bits per heavy atom. The van der Waals surface area contributed by atoms with E-state index in [1.54, 1.807) is 5.38 Å². The van der Waals surface area contributed by atoms with Crippen molar-refractivity contribution in [2.24, 2.45) is 0 Å². The summed E-state index contributed by atoms with van der Waals surface area (Å²) in [4.78, 5) is 27.9. The van der Waals surface area contributed by atoms with E-state index in [9.17, 15) is 22.8 Å². The Labute approximate surface area is 166 Å². The van der Waals surface area contributed by atoms with Crippen molar-refractivity contribution in [3.8, 4) is 11.3 Å². The first kappa shape index (κ1) is 19.1. The molecule has 0 fully saturated rings. The molecular weight excluding hydrogens is 407 g/mol. The zero-order valence-electron chi connectivity index (χ0n) is 14.8. The van der Waals surface area contributed by atoms with Crippen LogP contribution in [0.25, 0.3) is 11.3 Å². The SMILES string of the molecule is O=C(Cn1ccc(C(F)(F)F)n1)Nc1nc(-c2ccc3c(c2)CCC(=O)N3)cs1. The van der Waals surface area contributed by atoms with Gasteiger partial charge in [0.15, 0.2) is 10.8 Å². The second-order valence-electron chi connectivity index (χ2n) is 6.40. The number of amides is 2. The molecule has 1 aliphatic rings. The zero-order valence-corrected chi connectivity index (χ0v) is 15.6. The number of aryl methyl sites for hydroxylation is 1. The smallest absolute Gasteiger partial charge is 0.326 e. The Hall–Kier alpha value is -3.21. The van der Waals surface area contributed by atoms with Crippen LogP contribution in [0.5, 0.6) is 0 Å². The minimum absolute atomic E-state index is 0.0107. The van der Waals surface area contributed by atoms with Crippen LogP contribution in [0.15, 0.2) is 35.8 Å². The molecular formula is C18H14F3N5O2S. The lowest BCUT2D eigenvalue weighted by Crippen LogP contribution is -2.19. The van der Waals surface area contributed by atoms with E-state index < -0.39 is 17.8 Å². The molecule has 2 aromatic heterocycles. The molecule has 0 unspecified atom stereocenters. The van der Waals surface area contributed by atoms with Gasteiger partial charge in [-0.1, -0.05) is 6.07 Å². The number of carbonyl (C=O) groups excluding carboxylic acids is 2. The van der Waals surface area contributed by atoms with E-state index in [2.05, 4.69) is 20.7 Å². The number of nitrogens with zero attached hydrogens (tertiary/aromatic N) is 3. The van der Waals surface area contributed by atoms with E-state index in [0.29, 0.717) is 23.7 Å². The van der Waals surface area contributed by atoms with Crippen LogP contribution in [0.1, 0.15) is 17.7 Å². The molecule has 0 atom stereocenters. The number of hydrogen-bond donors (Lipinski definition) is 2. The summed E-state index contributed by atoms with van der Waals surface area (Å²) in [5.74, 6) is -0.542. The van der Waals surface area contributed by atoms with Crippen molar-refractivity contribution < 1.29 is 22.8 Å². The summed E-state index contributed by atoms with van der Waals surface area (Å²) in [6.07, 6.45) is -2.38. The number of aromatic nitrogens is 3. The highest BCUT2D eigenvalue weighted by Crippen LogP contribution is 2.31. The second-order valence-corrected chi connectivity index (χ2v) is 7.26. The van der Waals surface area contributed by atoms with Gasteiger partial charge in [0, 0.05) is 29.2 Å². The molecule has 2 amide bonds. The minimum Gasteiger partial charge on any atom is -0.326 e. The fourth-order valence-corrected chi connectivity index (χ4v) is 3.65. The van der Waals surface area contributed by atoms with E-state index in [4.69, 9.17) is 0 Å². The number of anilines is 2. The molecule has 1 aromatic carbocycles. The van der Waals surface area contributed by atoms with Crippen LogP contribution in [-0.4, -0.2) is 26.6 Å². The molecule has 3 aromatic rings. The van der Waals surface area contributed by atoms with Crippen molar-refractivity contribution >= 4 is 34.0 Å². The standard InChI is InChI=1S/C18H14F3N5O2S/c19-18(20,21)14-5-6-26(25-14)8-16(28)24-17-23-13(9-29-17)11-1-3-12-10(7-11)2-4-15(27)22-12/h1,3,5-7,9H,2,4,8H2,(H,22,27)(H,23,24,28). The third kappa shape index (κ3) is 4.29. The maximum Gasteiger partial charge on any atom is 0.435 e. The van der Waals surface area contributed by atoms with Gasteiger partial charge in [-0.15, -0.1) is 11.3 Å². The van der Waals surface area contributed by atoms with Gasteiger partial charge in [0.25, 0.3) is 0 Å². The first-order chi connectivity index (χ1) is 13.8. The van der Waals surface area contributed by atoms with Gasteiger partial charge in [-0.3, -0.25) is 14.3 Å². The lowest BCUT2D eigenvalue weighted by molar-refractivity contribution is -0.141. The number of carbonyl (C=O) groups is 2. The van der Waals surface area contributed by atoms with Gasteiger partial charge >= 0.3 is 6.18 Å². The fraction of sp³-hybridized carbons (Fsp3) is 0.222. The number of halogens is 3. The third-order valence-corrected chi connectivity index (χ3v) is 5.04. The maximum absolute atomic E-state index is 12.6. The number of nitrogens with one attached hydrogen (secondary N) is 2. The van der Waals surface area contributed by atoms with Gasteiger partial charge in [-0.2, -0.15) is 18.3 Å². The monoisotopic (exact) mass is 421 g/mol. The van der Waals surface area contributed by atoms with Crippen molar-refractivity contribution in [2.75, 3.05) is 10.6 Å². The van der Waals surface area contributed by atoms with Crippen molar-refractivity contribution in [2.45, 2.75) is 25.6 Å². The van der Waals surface area contributed by atoms with Gasteiger partial charge in [-0.05, 0) is 30.2 Å². The molecule has 2 N–H and O–H groups in total. The van der Waals surface area contributed by atoms with Crippen LogP contribution in [-0.2, 0) is 28.7 Å². The lowest BCUT2D eigenvalue weighted by Gasteiger charge is -2.17. The molecule has 0 radical (unpaired) electrons. The number of hydrogen-bond acceptors (Lipinski definition) is 5. The van der Waals surface area contributed by atoms with Crippen LogP contribution < -0.4 is 10.6 Å². The molecule has 0 saturated heterocycles. The van der Waals surface area contributed by atoms with Crippen molar-refractivity contribution in [1.82, 2.24) is 14.8 Å². The predicted octanol–water partition coefficient (Wildman–Crippen LogP) is 3.55. The van der Waals surface area contributed by atoms with Crippen LogP contribution in [0, 0.1) is 0 Å². The predicted molar refractivity (Wildman–Crippen MR) is 100 cm³/mol. The van der Waals surface area contributed by atoms with E-state index in [1.165, 1.54) is 11.3 Å². The summed E-state index contributed by atoms with van der Waals surface area (Å²) in [6.45, 7) is -0.358. The molecule has 3 heterocycles. The summed E-state index contributed by atoms with van der Waals surface area (Å²) in [6, 6.07) is 6.40. The summed E-state index contributed by atoms with van der Waals surface area (Å²) in [5, 5.41) is 10.8. The number of fused-ring (bicyclic) bond motifs is 1. The lowest BCUT2D eigenvalue weighted by atomic mass is 9.99. The van der Waals surface area contributed by atoms with Crippen molar-refractivity contribution in [3.63, 3.8) is 0 Å². The van der Waals surface area contributed by atoms with Gasteiger partial charge in [0.1, 0.15) is 6.54 Å². The molecule has 0 spiro atoms. The Balaban J connectivity index is 1.42. The van der Waals surface area contributed by atoms with Crippen molar-refractivity contribution in [1.29, 1.82) is 0 Å². The molecule has 4 rings (SSSR count). The second kappa shape index (κ2) is 7.32. The van der Waals surface area contributed by atoms with E-state index in [-0.39, 0.29) is 12.5 Å². The molecule has 0 aliphatic carbocycles. The first-order valence-electron chi connectivity index (χ1n) is 8.57. The molecule has 29 heavy (non-hydrogen) atoms. The van der Waals surface area contributed by atoms with Crippen molar-refractivity contribution in [3.05, 3.63) is 47.1 Å². The summed E-state index contributed by atoms with van der Waals surface area (Å²) in [5.41, 5.74) is 2.25. The maximum atomic E-state index is 12.6. The highest BCUT2D eigenvalue weighted by Gasteiger charge is 2.33. The molecule has 150 valence electrons. The number of alkyl halides is 3. The normalized spacial score (nSPS) is 13.7. The molecule has 11 heteroatoms. The topological polar surface area (TPSA) is 88.9 Å². The molecule has 1 aliphatic heterocycles. The first-order valence-corrected chi connectivity index (χ1v) is 9.45. The van der Waals surface area contributed by atoms with E-state index >= 15 is 0 Å². The van der Waals surface area contributed by atoms with Crippen LogP contribution in [0.2, 0.25) is 0 Å². The largest absolute Gasteiger partial charge is 0.435 e. The Morgan fingerprint density at radius 2 is 2.10 bits per heavy atom. The van der Waals surface area contributed by atoms with Gasteiger partial charge < -0.3 is 10.6 Å². The summed E-state index contributed by atoms with van der Waals surface area (Å²) in [7, 11) is 0. The Morgan fingerprint density at radius 1 is 1.28 bits per heavy atom. The number of benzene rings is 1. The summed E-state index contributed by atoms with van der Waals surface area (Å²) >= 11 is 1.21. The molecule has 0 bridgehead atoms. The van der Waals surface area contributed by atoms with Crippen LogP contribution in [0.3, 0.4) is 0 Å². The van der Waals surface area contributed by atoms with Gasteiger partial charge in [0.05, 0.1) is 5.69 Å². The van der Waals surface area contributed by atoms with Gasteiger partial charge in [-0.25, -0.2) is 4.98 Å². The number of rotatable bonds is 4. The van der Waals surface area contributed by atoms with Crippen LogP contribution >= 0.6 is 11.3 Å². The van der Waals surface area contributed by atoms with E-state index in [0.717, 1.165) is 33.8 Å². The third-order valence-electron chi connectivity index (χ3n) is 4.28.